The molecule has 3 N–H and O–H groups in total. The molecule has 3 aromatic carbocycles. The average Bonchev–Trinajstić information content (AvgIpc) is 3.10. The summed E-state index contributed by atoms with van der Waals surface area (Å²) in [7, 11) is 0. The zero-order chi connectivity index (χ0) is 17.8. The van der Waals surface area contributed by atoms with E-state index in [-0.39, 0.29) is 5.95 Å². The molecule has 0 aliphatic carbocycles. The first-order valence-corrected chi connectivity index (χ1v) is 8.26. The molecule has 0 bridgehead atoms. The minimum absolute atomic E-state index is 0.206. The normalized spacial score (nSPS) is 10.8. The summed E-state index contributed by atoms with van der Waals surface area (Å²) in [6.07, 6.45) is 0. The van der Waals surface area contributed by atoms with Gasteiger partial charge in [-0.1, -0.05) is 65.8 Å². The molecule has 4 rings (SSSR count). The molecule has 0 unspecified atom stereocenters. The summed E-state index contributed by atoms with van der Waals surface area (Å²) in [6, 6.07) is 22.3. The number of nitrogens with zero attached hydrogens (tertiary/aromatic N) is 4. The van der Waals surface area contributed by atoms with Crippen molar-refractivity contribution < 1.29 is 4.74 Å². The third-order valence-electron chi connectivity index (χ3n) is 4.13. The van der Waals surface area contributed by atoms with Crippen LogP contribution in [0.3, 0.4) is 0 Å². The van der Waals surface area contributed by atoms with E-state index in [1.165, 1.54) is 4.79 Å². The van der Waals surface area contributed by atoms with Gasteiger partial charge in [-0.3, -0.25) is 0 Å². The van der Waals surface area contributed by atoms with E-state index in [0.717, 1.165) is 27.6 Å². The maximum atomic E-state index is 6.10. The van der Waals surface area contributed by atoms with Crippen LogP contribution in [0.4, 0.5) is 5.95 Å². The summed E-state index contributed by atoms with van der Waals surface area (Å²) in [5, 5.41) is 13.3. The quantitative estimate of drug-likeness (QED) is 0.558. The lowest BCUT2D eigenvalue weighted by molar-refractivity contribution is 0.303. The molecule has 0 aliphatic heterocycles. The van der Waals surface area contributed by atoms with Crippen LogP contribution in [0.2, 0.25) is 0 Å². The van der Waals surface area contributed by atoms with Crippen LogP contribution >= 0.6 is 0 Å². The number of benzene rings is 3. The van der Waals surface area contributed by atoms with Crippen LogP contribution in [0.1, 0.15) is 11.1 Å². The first kappa shape index (κ1) is 15.9. The number of hydrogen-bond acceptors (Lipinski definition) is 6. The summed E-state index contributed by atoms with van der Waals surface area (Å²) in [5.41, 5.74) is 11.0. The van der Waals surface area contributed by atoms with Gasteiger partial charge in [-0.15, -0.1) is 4.79 Å². The first-order chi connectivity index (χ1) is 12.8. The van der Waals surface area contributed by atoms with E-state index < -0.39 is 0 Å². The Morgan fingerprint density at radius 3 is 2.58 bits per heavy atom. The predicted octanol–water partition coefficient (Wildman–Crippen LogP) is 2.73. The molecule has 1 aromatic heterocycles. The van der Waals surface area contributed by atoms with Gasteiger partial charge >= 0.3 is 0 Å². The average molecular weight is 346 g/mol. The molecule has 0 spiro atoms. The number of ether oxygens (including phenoxy) is 1. The Morgan fingerprint density at radius 2 is 1.77 bits per heavy atom. The third-order valence-corrected chi connectivity index (χ3v) is 4.13. The fourth-order valence-electron chi connectivity index (χ4n) is 2.83. The Morgan fingerprint density at radius 1 is 0.962 bits per heavy atom. The highest BCUT2D eigenvalue weighted by molar-refractivity contribution is 5.87. The second-order valence-corrected chi connectivity index (χ2v) is 5.82. The molecule has 0 atom stereocenters. The van der Waals surface area contributed by atoms with Crippen molar-refractivity contribution in [1.82, 2.24) is 20.3 Å². The number of anilines is 1. The highest BCUT2D eigenvalue weighted by Crippen LogP contribution is 2.29. The molecule has 0 radical (unpaired) electrons. The van der Waals surface area contributed by atoms with E-state index in [0.29, 0.717) is 13.2 Å². The van der Waals surface area contributed by atoms with Crippen molar-refractivity contribution in [2.24, 2.45) is 0 Å². The van der Waals surface area contributed by atoms with Crippen LogP contribution in [0, 0.1) is 0 Å². The molecule has 26 heavy (non-hydrogen) atoms. The van der Waals surface area contributed by atoms with Gasteiger partial charge in [-0.2, -0.15) is 0 Å². The molecule has 0 saturated carbocycles. The van der Waals surface area contributed by atoms with Crippen LogP contribution in [0.5, 0.6) is 5.75 Å². The number of nitrogen functional groups attached to an aromatic ring is 1. The number of nitrogens with two attached hydrogens (primary N) is 1. The van der Waals surface area contributed by atoms with E-state index in [9.17, 15) is 0 Å². The summed E-state index contributed by atoms with van der Waals surface area (Å²) in [6.45, 7) is 0.972. The Bertz CT molecular complexity index is 1010. The van der Waals surface area contributed by atoms with Gasteiger partial charge in [0.1, 0.15) is 12.4 Å². The number of rotatable bonds is 6. The smallest absolute Gasteiger partial charge is 0.260 e. The number of hydrogen-bond donors (Lipinski definition) is 2. The van der Waals surface area contributed by atoms with Gasteiger partial charge in [0.2, 0.25) is 0 Å². The second kappa shape index (κ2) is 7.10. The Kier molecular flexibility index (Phi) is 4.34. The SMILES string of the molecule is Nc1nnnn1NCc1c(OCc2ccccc2)ccc2ccccc12. The van der Waals surface area contributed by atoms with Crippen molar-refractivity contribution in [3.8, 4) is 5.75 Å². The molecule has 0 amide bonds. The molecule has 0 aliphatic rings. The number of fused-ring (bicyclic) bond motifs is 1. The maximum absolute atomic E-state index is 6.10. The van der Waals surface area contributed by atoms with Gasteiger partial charge in [0, 0.05) is 5.56 Å². The van der Waals surface area contributed by atoms with Crippen LogP contribution in [-0.2, 0) is 13.2 Å². The number of nitrogens with one attached hydrogen (secondary N) is 1. The highest BCUT2D eigenvalue weighted by Gasteiger charge is 2.10. The van der Waals surface area contributed by atoms with Gasteiger partial charge in [0.15, 0.2) is 0 Å². The molecular formula is C19H18N6O. The Hall–Kier alpha value is -3.61. The monoisotopic (exact) mass is 346 g/mol. The van der Waals surface area contributed by atoms with Crippen molar-refractivity contribution >= 4 is 16.7 Å². The van der Waals surface area contributed by atoms with Crippen molar-refractivity contribution in [3.05, 3.63) is 77.9 Å². The third kappa shape index (κ3) is 3.27. The van der Waals surface area contributed by atoms with E-state index in [1.807, 2.05) is 48.5 Å². The van der Waals surface area contributed by atoms with Gasteiger partial charge in [0.05, 0.1) is 6.54 Å². The summed E-state index contributed by atoms with van der Waals surface area (Å²) < 4.78 is 6.10. The van der Waals surface area contributed by atoms with Gasteiger partial charge in [0.25, 0.3) is 5.95 Å². The Balaban J connectivity index is 1.64. The zero-order valence-corrected chi connectivity index (χ0v) is 14.0. The van der Waals surface area contributed by atoms with Gasteiger partial charge in [-0.25, -0.2) is 0 Å². The molecule has 7 nitrogen and oxygen atoms in total. The minimum Gasteiger partial charge on any atom is -0.489 e. The van der Waals surface area contributed by atoms with E-state index in [1.54, 1.807) is 0 Å². The molecule has 7 heteroatoms. The largest absolute Gasteiger partial charge is 0.489 e. The second-order valence-electron chi connectivity index (χ2n) is 5.82. The van der Waals surface area contributed by atoms with Gasteiger partial charge < -0.3 is 15.9 Å². The maximum Gasteiger partial charge on any atom is 0.260 e. The van der Waals surface area contributed by atoms with Crippen LogP contribution in [-0.4, -0.2) is 20.3 Å². The zero-order valence-electron chi connectivity index (χ0n) is 14.0. The summed E-state index contributed by atoms with van der Waals surface area (Å²) >= 11 is 0. The lowest BCUT2D eigenvalue weighted by Crippen LogP contribution is -2.19. The molecule has 0 saturated heterocycles. The standard InChI is InChI=1S/C19H18N6O/c20-19-22-23-24-25(19)21-12-17-16-9-5-4-8-15(16)10-11-18(17)26-13-14-6-2-1-3-7-14/h1-11,21H,12-13H2,(H2,20,22,24). The van der Waals surface area contributed by atoms with Crippen LogP contribution in [0.25, 0.3) is 10.8 Å². The van der Waals surface area contributed by atoms with E-state index >= 15 is 0 Å². The van der Waals surface area contributed by atoms with Crippen molar-refractivity contribution in [2.45, 2.75) is 13.2 Å². The molecule has 130 valence electrons. The predicted molar refractivity (Wildman–Crippen MR) is 100 cm³/mol. The fourth-order valence-corrected chi connectivity index (χ4v) is 2.83. The minimum atomic E-state index is 0.206. The summed E-state index contributed by atoms with van der Waals surface area (Å²) in [4.78, 5) is 1.35. The molecule has 1 heterocycles. The highest BCUT2D eigenvalue weighted by atomic mass is 16.5. The molecular weight excluding hydrogens is 328 g/mol. The lowest BCUT2D eigenvalue weighted by Gasteiger charge is -2.15. The topological polar surface area (TPSA) is 90.9 Å². The van der Waals surface area contributed by atoms with Gasteiger partial charge in [-0.05, 0) is 32.8 Å². The molecule has 4 aromatic rings. The fraction of sp³-hybridized carbons (Fsp3) is 0.105. The van der Waals surface area contributed by atoms with Crippen LogP contribution < -0.4 is 15.9 Å². The van der Waals surface area contributed by atoms with Crippen molar-refractivity contribution in [1.29, 1.82) is 0 Å². The van der Waals surface area contributed by atoms with Crippen LogP contribution in [0.15, 0.2) is 66.7 Å². The van der Waals surface area contributed by atoms with E-state index in [4.69, 9.17) is 10.5 Å². The lowest BCUT2D eigenvalue weighted by atomic mass is 10.0. The first-order valence-electron chi connectivity index (χ1n) is 8.26. The van der Waals surface area contributed by atoms with Crippen molar-refractivity contribution in [3.63, 3.8) is 0 Å². The number of tetrazole rings is 1. The molecule has 0 fully saturated rings. The van der Waals surface area contributed by atoms with E-state index in [2.05, 4.69) is 39.2 Å². The number of aromatic nitrogens is 4. The van der Waals surface area contributed by atoms with Crippen molar-refractivity contribution in [2.75, 3.05) is 11.2 Å². The summed E-state index contributed by atoms with van der Waals surface area (Å²) in [5.74, 6) is 1.02. The Labute approximate surface area is 150 Å².